The molecule has 5 nitrogen and oxygen atoms in total. The fourth-order valence-corrected chi connectivity index (χ4v) is 2.23. The van der Waals surface area contributed by atoms with E-state index in [-0.39, 0.29) is 17.9 Å². The lowest BCUT2D eigenvalue weighted by atomic mass is 10.0. The molecule has 0 aromatic rings. The molecule has 5 heteroatoms. The summed E-state index contributed by atoms with van der Waals surface area (Å²) in [5.41, 5.74) is 8.81. The molecule has 86 valence electrons. The number of ether oxygens (including phenoxy) is 1. The minimum Gasteiger partial charge on any atom is -0.379 e. The first-order valence-corrected chi connectivity index (χ1v) is 5.66. The monoisotopic (exact) mass is 213 g/mol. The molecule has 1 aliphatic carbocycles. The maximum absolute atomic E-state index is 11.9. The highest BCUT2D eigenvalue weighted by atomic mass is 16.5. The van der Waals surface area contributed by atoms with Crippen LogP contribution in [-0.2, 0) is 9.53 Å². The Labute approximate surface area is 89.9 Å². The number of hydrazine groups is 1. The van der Waals surface area contributed by atoms with Crippen molar-refractivity contribution >= 4 is 5.91 Å². The lowest BCUT2D eigenvalue weighted by Gasteiger charge is -2.28. The number of carbonyl (C=O) groups excluding carboxylic acids is 1. The topological polar surface area (TPSA) is 67.6 Å². The van der Waals surface area contributed by atoms with Gasteiger partial charge in [0.05, 0.1) is 19.1 Å². The molecule has 2 rings (SSSR count). The summed E-state index contributed by atoms with van der Waals surface area (Å²) >= 11 is 0. The minimum atomic E-state index is 0.00726. The Morgan fingerprint density at radius 3 is 2.67 bits per heavy atom. The van der Waals surface area contributed by atoms with Crippen molar-refractivity contribution in [1.29, 1.82) is 0 Å². The van der Waals surface area contributed by atoms with Crippen molar-refractivity contribution < 1.29 is 9.53 Å². The third kappa shape index (κ3) is 2.68. The van der Waals surface area contributed by atoms with E-state index in [1.165, 1.54) is 0 Å². The summed E-state index contributed by atoms with van der Waals surface area (Å²) in [5, 5.41) is 1.93. The second-order valence-corrected chi connectivity index (χ2v) is 4.28. The zero-order chi connectivity index (χ0) is 10.7. The number of nitrogens with two attached hydrogens (primary N) is 1. The molecule has 1 saturated carbocycles. The van der Waals surface area contributed by atoms with Gasteiger partial charge in [0.1, 0.15) is 0 Å². The average molecular weight is 213 g/mol. The van der Waals surface area contributed by atoms with E-state index in [2.05, 4.69) is 5.43 Å². The molecule has 0 aromatic heterocycles. The molecule has 1 heterocycles. The number of nitrogens with zero attached hydrogens (tertiary/aromatic N) is 1. The molecular formula is C10H19N3O2. The van der Waals surface area contributed by atoms with Crippen LogP contribution < -0.4 is 11.2 Å². The molecule has 1 aliphatic heterocycles. The molecule has 3 N–H and O–H groups in total. The predicted octanol–water partition coefficient (Wildman–Crippen LogP) is -0.523. The van der Waals surface area contributed by atoms with Gasteiger partial charge < -0.3 is 10.5 Å². The molecule has 2 unspecified atom stereocenters. The van der Waals surface area contributed by atoms with Gasteiger partial charge in [0.2, 0.25) is 5.91 Å². The summed E-state index contributed by atoms with van der Waals surface area (Å²) in [4.78, 5) is 11.9. The van der Waals surface area contributed by atoms with Gasteiger partial charge in [-0.1, -0.05) is 6.42 Å². The summed E-state index contributed by atoms with van der Waals surface area (Å²) in [6.07, 6.45) is 2.97. The highest BCUT2D eigenvalue weighted by Gasteiger charge is 2.31. The van der Waals surface area contributed by atoms with E-state index >= 15 is 0 Å². The standard InChI is InChI=1S/C10H19N3O2/c11-9-3-1-2-8(9)10(14)12-13-4-6-15-7-5-13/h8-9H,1-7,11H2,(H,12,14). The Morgan fingerprint density at radius 1 is 1.33 bits per heavy atom. The number of carbonyl (C=O) groups is 1. The van der Waals surface area contributed by atoms with Crippen LogP contribution in [0.3, 0.4) is 0 Å². The average Bonchev–Trinajstić information content (AvgIpc) is 2.66. The molecule has 0 aromatic carbocycles. The van der Waals surface area contributed by atoms with Crippen LogP contribution in [0.5, 0.6) is 0 Å². The molecule has 1 amide bonds. The Hall–Kier alpha value is -0.650. The van der Waals surface area contributed by atoms with Crippen LogP contribution in [-0.4, -0.2) is 43.3 Å². The van der Waals surface area contributed by atoms with Crippen LogP contribution in [0.4, 0.5) is 0 Å². The molecule has 2 fully saturated rings. The fraction of sp³-hybridized carbons (Fsp3) is 0.900. The van der Waals surface area contributed by atoms with E-state index < -0.39 is 0 Å². The number of rotatable bonds is 2. The van der Waals surface area contributed by atoms with Gasteiger partial charge in [-0.25, -0.2) is 5.01 Å². The van der Waals surface area contributed by atoms with Crippen molar-refractivity contribution in [1.82, 2.24) is 10.4 Å². The second kappa shape index (κ2) is 4.92. The van der Waals surface area contributed by atoms with Gasteiger partial charge in [-0.15, -0.1) is 0 Å². The Kier molecular flexibility index (Phi) is 3.56. The predicted molar refractivity (Wildman–Crippen MR) is 55.9 cm³/mol. The van der Waals surface area contributed by atoms with E-state index in [9.17, 15) is 4.79 Å². The highest BCUT2D eigenvalue weighted by Crippen LogP contribution is 2.23. The van der Waals surface area contributed by atoms with Gasteiger partial charge in [-0.2, -0.15) is 0 Å². The molecule has 1 saturated heterocycles. The van der Waals surface area contributed by atoms with Gasteiger partial charge in [0.15, 0.2) is 0 Å². The lowest BCUT2D eigenvalue weighted by Crippen LogP contribution is -2.51. The van der Waals surface area contributed by atoms with Gasteiger partial charge in [-0.3, -0.25) is 10.2 Å². The van der Waals surface area contributed by atoms with Crippen LogP contribution in [0.25, 0.3) is 0 Å². The summed E-state index contributed by atoms with van der Waals surface area (Å²) < 4.78 is 5.21. The van der Waals surface area contributed by atoms with E-state index in [4.69, 9.17) is 10.5 Å². The number of amides is 1. The van der Waals surface area contributed by atoms with Crippen molar-refractivity contribution in [2.75, 3.05) is 26.3 Å². The molecule has 0 bridgehead atoms. The van der Waals surface area contributed by atoms with Crippen LogP contribution >= 0.6 is 0 Å². The van der Waals surface area contributed by atoms with Crippen LogP contribution in [0.1, 0.15) is 19.3 Å². The summed E-state index contributed by atoms with van der Waals surface area (Å²) in [6, 6.07) is 0.0473. The number of hydrogen-bond donors (Lipinski definition) is 2. The Morgan fingerprint density at radius 2 is 2.07 bits per heavy atom. The van der Waals surface area contributed by atoms with Crippen molar-refractivity contribution in [2.24, 2.45) is 11.7 Å². The normalized spacial score (nSPS) is 32.9. The second-order valence-electron chi connectivity index (χ2n) is 4.28. The molecule has 2 atom stereocenters. The number of hydrogen-bond acceptors (Lipinski definition) is 4. The minimum absolute atomic E-state index is 0.00726. The molecule has 0 radical (unpaired) electrons. The highest BCUT2D eigenvalue weighted by molar-refractivity contribution is 5.79. The number of nitrogens with one attached hydrogen (secondary N) is 1. The maximum Gasteiger partial charge on any atom is 0.238 e. The SMILES string of the molecule is NC1CCCC1C(=O)NN1CCOCC1. The molecule has 0 spiro atoms. The zero-order valence-electron chi connectivity index (χ0n) is 8.95. The van der Waals surface area contributed by atoms with E-state index in [1.54, 1.807) is 0 Å². The fourth-order valence-electron chi connectivity index (χ4n) is 2.23. The lowest BCUT2D eigenvalue weighted by molar-refractivity contribution is -0.132. The van der Waals surface area contributed by atoms with E-state index in [1.807, 2.05) is 5.01 Å². The third-order valence-electron chi connectivity index (χ3n) is 3.19. The first kappa shape index (κ1) is 10.9. The van der Waals surface area contributed by atoms with E-state index in [0.717, 1.165) is 32.4 Å². The van der Waals surface area contributed by atoms with Crippen LogP contribution in [0, 0.1) is 5.92 Å². The van der Waals surface area contributed by atoms with Crippen molar-refractivity contribution in [3.05, 3.63) is 0 Å². The van der Waals surface area contributed by atoms with Crippen LogP contribution in [0.2, 0.25) is 0 Å². The maximum atomic E-state index is 11.9. The Bertz CT molecular complexity index is 229. The molecule has 2 aliphatic rings. The van der Waals surface area contributed by atoms with Crippen molar-refractivity contribution in [3.63, 3.8) is 0 Å². The number of morpholine rings is 1. The van der Waals surface area contributed by atoms with Crippen molar-refractivity contribution in [3.8, 4) is 0 Å². The smallest absolute Gasteiger partial charge is 0.238 e. The largest absolute Gasteiger partial charge is 0.379 e. The summed E-state index contributed by atoms with van der Waals surface area (Å²) in [5.74, 6) is 0.0924. The third-order valence-corrected chi connectivity index (χ3v) is 3.19. The summed E-state index contributed by atoms with van der Waals surface area (Å²) in [7, 11) is 0. The van der Waals surface area contributed by atoms with E-state index in [0.29, 0.717) is 13.2 Å². The first-order valence-electron chi connectivity index (χ1n) is 5.66. The van der Waals surface area contributed by atoms with Gasteiger partial charge in [0.25, 0.3) is 0 Å². The van der Waals surface area contributed by atoms with Gasteiger partial charge in [-0.05, 0) is 12.8 Å². The Balaban J connectivity index is 1.80. The zero-order valence-corrected chi connectivity index (χ0v) is 8.95. The van der Waals surface area contributed by atoms with Crippen molar-refractivity contribution in [2.45, 2.75) is 25.3 Å². The summed E-state index contributed by atoms with van der Waals surface area (Å²) in [6.45, 7) is 2.93. The first-order chi connectivity index (χ1) is 7.27. The van der Waals surface area contributed by atoms with Gasteiger partial charge in [0, 0.05) is 19.1 Å². The quantitative estimate of drug-likeness (QED) is 0.647. The van der Waals surface area contributed by atoms with Crippen LogP contribution in [0.15, 0.2) is 0 Å². The van der Waals surface area contributed by atoms with Gasteiger partial charge >= 0.3 is 0 Å². The molecule has 15 heavy (non-hydrogen) atoms. The molecular weight excluding hydrogens is 194 g/mol.